The summed E-state index contributed by atoms with van der Waals surface area (Å²) < 4.78 is 5.55. The number of fused-ring (bicyclic) bond motifs is 2. The van der Waals surface area contributed by atoms with Gasteiger partial charge < -0.3 is 4.74 Å². The third-order valence-electron chi connectivity index (χ3n) is 3.62. The van der Waals surface area contributed by atoms with Gasteiger partial charge in [0, 0.05) is 12.8 Å². The quantitative estimate of drug-likeness (QED) is 0.499. The van der Waals surface area contributed by atoms with Crippen molar-refractivity contribution in [1.82, 2.24) is 0 Å². The van der Waals surface area contributed by atoms with E-state index in [0.717, 1.165) is 12.3 Å². The SMILES string of the molecule is C/C=C/C1(OC(C)=O)CC2CCC1C2. The normalized spacial score (nSPS) is 40.7. The maximum Gasteiger partial charge on any atom is 0.303 e. The van der Waals surface area contributed by atoms with E-state index in [2.05, 4.69) is 6.08 Å². The van der Waals surface area contributed by atoms with Gasteiger partial charge in [-0.15, -0.1) is 0 Å². The van der Waals surface area contributed by atoms with E-state index < -0.39 is 0 Å². The zero-order chi connectivity index (χ0) is 10.2. The first-order valence-electron chi connectivity index (χ1n) is 5.50. The van der Waals surface area contributed by atoms with Gasteiger partial charge in [-0.05, 0) is 44.6 Å². The van der Waals surface area contributed by atoms with Crippen LogP contribution in [0.5, 0.6) is 0 Å². The fraction of sp³-hybridized carbons (Fsp3) is 0.750. The molecule has 2 nitrogen and oxygen atoms in total. The zero-order valence-electron chi connectivity index (χ0n) is 8.95. The number of allylic oxidation sites excluding steroid dienone is 1. The summed E-state index contributed by atoms with van der Waals surface area (Å²) in [6.45, 7) is 3.51. The van der Waals surface area contributed by atoms with Gasteiger partial charge in [0.1, 0.15) is 5.60 Å². The second-order valence-corrected chi connectivity index (χ2v) is 4.63. The van der Waals surface area contributed by atoms with Crippen LogP contribution in [-0.2, 0) is 9.53 Å². The van der Waals surface area contributed by atoms with Gasteiger partial charge in [-0.3, -0.25) is 4.79 Å². The lowest BCUT2D eigenvalue weighted by Gasteiger charge is -2.34. The van der Waals surface area contributed by atoms with Gasteiger partial charge in [0.25, 0.3) is 0 Å². The van der Waals surface area contributed by atoms with Gasteiger partial charge in [0.15, 0.2) is 0 Å². The lowest BCUT2D eigenvalue weighted by Crippen LogP contribution is -2.37. The molecule has 0 aromatic heterocycles. The highest BCUT2D eigenvalue weighted by Gasteiger charge is 2.51. The molecule has 2 saturated carbocycles. The van der Waals surface area contributed by atoms with E-state index in [4.69, 9.17) is 4.74 Å². The molecule has 2 bridgehead atoms. The summed E-state index contributed by atoms with van der Waals surface area (Å²) in [6, 6.07) is 0. The van der Waals surface area contributed by atoms with Crippen molar-refractivity contribution in [1.29, 1.82) is 0 Å². The fourth-order valence-electron chi connectivity index (χ4n) is 3.23. The number of hydrogen-bond acceptors (Lipinski definition) is 2. The van der Waals surface area contributed by atoms with Crippen LogP contribution in [0.3, 0.4) is 0 Å². The van der Waals surface area contributed by atoms with Crippen molar-refractivity contribution in [3.8, 4) is 0 Å². The Balaban J connectivity index is 2.19. The number of ether oxygens (including phenoxy) is 1. The Morgan fingerprint density at radius 2 is 2.29 bits per heavy atom. The van der Waals surface area contributed by atoms with E-state index in [1.807, 2.05) is 13.0 Å². The van der Waals surface area contributed by atoms with Crippen LogP contribution in [0.25, 0.3) is 0 Å². The number of carbonyl (C=O) groups is 1. The molecule has 2 fully saturated rings. The van der Waals surface area contributed by atoms with Crippen LogP contribution in [0.2, 0.25) is 0 Å². The topological polar surface area (TPSA) is 26.3 Å². The summed E-state index contributed by atoms with van der Waals surface area (Å²) in [4.78, 5) is 11.1. The van der Waals surface area contributed by atoms with E-state index in [1.165, 1.54) is 26.2 Å². The number of esters is 1. The van der Waals surface area contributed by atoms with E-state index in [1.54, 1.807) is 0 Å². The highest BCUT2D eigenvalue weighted by molar-refractivity contribution is 5.67. The summed E-state index contributed by atoms with van der Waals surface area (Å²) in [5.74, 6) is 1.22. The summed E-state index contributed by atoms with van der Waals surface area (Å²) in [5.41, 5.74) is -0.247. The van der Waals surface area contributed by atoms with E-state index in [0.29, 0.717) is 5.92 Å². The molecule has 0 aromatic carbocycles. The third-order valence-corrected chi connectivity index (χ3v) is 3.62. The summed E-state index contributed by atoms with van der Waals surface area (Å²) in [5, 5.41) is 0. The van der Waals surface area contributed by atoms with Crippen molar-refractivity contribution >= 4 is 5.97 Å². The lowest BCUT2D eigenvalue weighted by atomic mass is 9.83. The minimum absolute atomic E-state index is 0.143. The lowest BCUT2D eigenvalue weighted by molar-refractivity contribution is -0.156. The second kappa shape index (κ2) is 3.41. The molecule has 78 valence electrons. The molecule has 0 amide bonds. The molecule has 2 aliphatic carbocycles. The highest BCUT2D eigenvalue weighted by atomic mass is 16.6. The van der Waals surface area contributed by atoms with Crippen molar-refractivity contribution in [2.24, 2.45) is 11.8 Å². The van der Waals surface area contributed by atoms with Crippen molar-refractivity contribution in [2.45, 2.75) is 45.1 Å². The van der Waals surface area contributed by atoms with Crippen molar-refractivity contribution in [2.75, 3.05) is 0 Å². The first kappa shape index (κ1) is 9.75. The standard InChI is InChI=1S/C12H18O2/c1-3-6-12(14-9(2)13)8-10-4-5-11(12)7-10/h3,6,10-11H,4-5,7-8H2,1-2H3/b6-3+. The molecule has 0 aromatic rings. The highest BCUT2D eigenvalue weighted by Crippen LogP contribution is 2.53. The van der Waals surface area contributed by atoms with Crippen LogP contribution < -0.4 is 0 Å². The van der Waals surface area contributed by atoms with Gasteiger partial charge in [0.05, 0.1) is 0 Å². The van der Waals surface area contributed by atoms with Crippen LogP contribution in [0.15, 0.2) is 12.2 Å². The fourth-order valence-corrected chi connectivity index (χ4v) is 3.23. The number of hydrogen-bond donors (Lipinski definition) is 0. The average Bonchev–Trinajstić information content (AvgIpc) is 2.62. The Morgan fingerprint density at radius 1 is 1.50 bits per heavy atom. The summed E-state index contributed by atoms with van der Waals surface area (Å²) in [7, 11) is 0. The molecular formula is C12H18O2. The maximum atomic E-state index is 11.1. The molecule has 0 aliphatic heterocycles. The van der Waals surface area contributed by atoms with E-state index in [-0.39, 0.29) is 11.6 Å². The third kappa shape index (κ3) is 1.47. The summed E-state index contributed by atoms with van der Waals surface area (Å²) in [6.07, 6.45) is 8.95. The van der Waals surface area contributed by atoms with Gasteiger partial charge in [-0.1, -0.05) is 6.08 Å². The van der Waals surface area contributed by atoms with E-state index in [9.17, 15) is 4.79 Å². The minimum atomic E-state index is -0.247. The smallest absolute Gasteiger partial charge is 0.303 e. The van der Waals surface area contributed by atoms with Gasteiger partial charge in [-0.2, -0.15) is 0 Å². The largest absolute Gasteiger partial charge is 0.455 e. The van der Waals surface area contributed by atoms with Crippen LogP contribution in [0, 0.1) is 11.8 Å². The van der Waals surface area contributed by atoms with Gasteiger partial charge in [0.2, 0.25) is 0 Å². The maximum absolute atomic E-state index is 11.1. The molecule has 2 rings (SSSR count). The van der Waals surface area contributed by atoms with Crippen LogP contribution in [0.1, 0.15) is 39.5 Å². The number of carbonyl (C=O) groups excluding carboxylic acids is 1. The molecule has 0 radical (unpaired) electrons. The Hall–Kier alpha value is -0.790. The summed E-state index contributed by atoms with van der Waals surface area (Å²) >= 11 is 0. The Bertz CT molecular complexity index is 269. The predicted octanol–water partition coefficient (Wildman–Crippen LogP) is 2.68. The molecule has 2 aliphatic rings. The average molecular weight is 194 g/mol. The molecule has 0 spiro atoms. The second-order valence-electron chi connectivity index (χ2n) is 4.63. The minimum Gasteiger partial charge on any atom is -0.455 e. The van der Waals surface area contributed by atoms with Crippen LogP contribution in [-0.4, -0.2) is 11.6 Å². The molecule has 3 atom stereocenters. The van der Waals surface area contributed by atoms with Crippen LogP contribution >= 0.6 is 0 Å². The van der Waals surface area contributed by atoms with Crippen molar-refractivity contribution < 1.29 is 9.53 Å². The molecule has 0 heterocycles. The first-order chi connectivity index (χ1) is 6.66. The number of rotatable bonds is 2. The molecule has 14 heavy (non-hydrogen) atoms. The Labute approximate surface area is 85.3 Å². The van der Waals surface area contributed by atoms with Gasteiger partial charge in [-0.25, -0.2) is 0 Å². The molecule has 2 heteroatoms. The Kier molecular flexibility index (Phi) is 2.38. The molecule has 0 saturated heterocycles. The molecule has 0 N–H and O–H groups in total. The predicted molar refractivity (Wildman–Crippen MR) is 54.8 cm³/mol. The van der Waals surface area contributed by atoms with Crippen molar-refractivity contribution in [3.63, 3.8) is 0 Å². The molecule has 3 unspecified atom stereocenters. The van der Waals surface area contributed by atoms with Crippen LogP contribution in [0.4, 0.5) is 0 Å². The Morgan fingerprint density at radius 3 is 2.71 bits per heavy atom. The first-order valence-corrected chi connectivity index (χ1v) is 5.50. The van der Waals surface area contributed by atoms with Crippen molar-refractivity contribution in [3.05, 3.63) is 12.2 Å². The zero-order valence-corrected chi connectivity index (χ0v) is 8.95. The van der Waals surface area contributed by atoms with E-state index >= 15 is 0 Å². The molecular weight excluding hydrogens is 176 g/mol. The van der Waals surface area contributed by atoms with Gasteiger partial charge >= 0.3 is 5.97 Å². The monoisotopic (exact) mass is 194 g/mol.